The summed E-state index contributed by atoms with van der Waals surface area (Å²) in [4.78, 5) is 13.7. The zero-order valence-electron chi connectivity index (χ0n) is 16.2. The smallest absolute Gasteiger partial charge is 0.180 e. The highest BCUT2D eigenvalue weighted by atomic mass is 32.1. The molecule has 7 nitrogen and oxygen atoms in total. The van der Waals surface area contributed by atoms with Crippen molar-refractivity contribution >= 4 is 34.3 Å². The maximum Gasteiger partial charge on any atom is 0.180 e. The molecule has 0 aliphatic heterocycles. The number of benzene rings is 1. The largest absolute Gasteiger partial charge is 0.363 e. The van der Waals surface area contributed by atoms with Gasteiger partial charge in [0.2, 0.25) is 0 Å². The van der Waals surface area contributed by atoms with E-state index in [1.165, 1.54) is 5.56 Å². The van der Waals surface area contributed by atoms with Crippen LogP contribution in [-0.2, 0) is 0 Å². The van der Waals surface area contributed by atoms with Crippen LogP contribution >= 0.6 is 12.2 Å². The molecule has 8 heteroatoms. The van der Waals surface area contributed by atoms with Crippen molar-refractivity contribution < 1.29 is 0 Å². The topological polar surface area (TPSA) is 80.5 Å². The molecule has 0 aliphatic rings. The summed E-state index contributed by atoms with van der Waals surface area (Å²) < 4.78 is 1.93. The number of pyridine rings is 1. The lowest BCUT2D eigenvalue weighted by Crippen LogP contribution is -2.28. The summed E-state index contributed by atoms with van der Waals surface area (Å²) in [6.45, 7) is 4.85. The molecule has 1 atom stereocenters. The highest BCUT2D eigenvalue weighted by Crippen LogP contribution is 2.22. The van der Waals surface area contributed by atoms with Crippen LogP contribution in [0.25, 0.3) is 22.4 Å². The average Bonchev–Trinajstić information content (AvgIpc) is 3.24. The van der Waals surface area contributed by atoms with Gasteiger partial charge in [-0.3, -0.25) is 9.67 Å². The van der Waals surface area contributed by atoms with Gasteiger partial charge in [-0.25, -0.2) is 9.97 Å². The fourth-order valence-electron chi connectivity index (χ4n) is 2.99. The van der Waals surface area contributed by atoms with E-state index in [2.05, 4.69) is 49.7 Å². The number of fused-ring (bicyclic) bond motifs is 1. The first-order chi connectivity index (χ1) is 14.1. The van der Waals surface area contributed by atoms with Crippen molar-refractivity contribution in [3.63, 3.8) is 0 Å². The number of rotatable bonds is 5. The number of nitrogens with zero attached hydrogens (tertiary/aromatic N) is 5. The Labute approximate surface area is 174 Å². The lowest BCUT2D eigenvalue weighted by molar-refractivity contribution is 0.565. The van der Waals surface area contributed by atoms with Gasteiger partial charge in [0.15, 0.2) is 10.8 Å². The van der Waals surface area contributed by atoms with E-state index in [1.54, 1.807) is 12.4 Å². The molecule has 0 spiro atoms. The summed E-state index contributed by atoms with van der Waals surface area (Å²) in [5, 5.41) is 11.1. The zero-order chi connectivity index (χ0) is 20.2. The van der Waals surface area contributed by atoms with Crippen molar-refractivity contribution in [1.82, 2.24) is 30.0 Å². The number of anilines is 1. The minimum atomic E-state index is 0.124. The number of nitrogens with one attached hydrogen (secondary N) is 2. The van der Waals surface area contributed by atoms with Crippen LogP contribution in [-0.4, -0.2) is 36.4 Å². The summed E-state index contributed by atoms with van der Waals surface area (Å²) >= 11 is 5.22. The first-order valence-corrected chi connectivity index (χ1v) is 9.83. The SMILES string of the molecule is CCNC(=S)Nc1ccc2ncc(-c3cnn(C(C)c4ccccc4)c3)nc2n1. The van der Waals surface area contributed by atoms with Gasteiger partial charge < -0.3 is 10.6 Å². The molecule has 4 rings (SSSR count). The second-order valence-corrected chi connectivity index (χ2v) is 6.98. The molecule has 0 bridgehead atoms. The lowest BCUT2D eigenvalue weighted by Gasteiger charge is -2.12. The van der Waals surface area contributed by atoms with Crippen LogP contribution < -0.4 is 10.6 Å². The fraction of sp³-hybridized carbons (Fsp3) is 0.190. The molecular formula is C21H21N7S. The van der Waals surface area contributed by atoms with Crippen molar-refractivity contribution in [3.05, 3.63) is 66.6 Å². The molecule has 0 radical (unpaired) electrons. The molecule has 1 unspecified atom stereocenters. The predicted molar refractivity (Wildman–Crippen MR) is 119 cm³/mol. The number of aromatic nitrogens is 5. The molecule has 1 aromatic carbocycles. The minimum absolute atomic E-state index is 0.124. The maximum atomic E-state index is 5.22. The van der Waals surface area contributed by atoms with E-state index >= 15 is 0 Å². The standard InChI is InChI=1S/C21H21N7S/c1-3-22-21(29)27-19-10-9-17-20(26-19)25-18(12-23-17)16-11-24-28(13-16)14(2)15-7-5-4-6-8-15/h4-14H,3H2,1-2H3,(H2,22,25,26,27,29). The number of hydrogen-bond acceptors (Lipinski definition) is 5. The van der Waals surface area contributed by atoms with Gasteiger partial charge in [0.25, 0.3) is 0 Å². The highest BCUT2D eigenvalue weighted by molar-refractivity contribution is 7.80. The van der Waals surface area contributed by atoms with E-state index in [0.29, 0.717) is 16.6 Å². The van der Waals surface area contributed by atoms with Crippen LogP contribution in [0, 0.1) is 0 Å². The van der Waals surface area contributed by atoms with Crippen LogP contribution in [0.4, 0.5) is 5.82 Å². The Morgan fingerprint density at radius 3 is 2.72 bits per heavy atom. The Morgan fingerprint density at radius 1 is 1.10 bits per heavy atom. The van der Waals surface area contributed by atoms with Crippen molar-refractivity contribution in [1.29, 1.82) is 0 Å². The molecule has 3 heterocycles. The Hall–Kier alpha value is -3.39. The van der Waals surface area contributed by atoms with Crippen LogP contribution in [0.1, 0.15) is 25.5 Å². The molecular weight excluding hydrogens is 382 g/mol. The van der Waals surface area contributed by atoms with Gasteiger partial charge in [0.1, 0.15) is 11.3 Å². The minimum Gasteiger partial charge on any atom is -0.363 e. The van der Waals surface area contributed by atoms with Crippen molar-refractivity contribution in [3.8, 4) is 11.3 Å². The molecule has 0 fully saturated rings. The van der Waals surface area contributed by atoms with E-state index in [1.807, 2.05) is 48.1 Å². The zero-order valence-corrected chi connectivity index (χ0v) is 17.0. The van der Waals surface area contributed by atoms with E-state index in [0.717, 1.165) is 23.3 Å². The third-order valence-corrected chi connectivity index (χ3v) is 4.81. The number of thiocarbonyl (C=S) groups is 1. The average molecular weight is 404 g/mol. The van der Waals surface area contributed by atoms with Crippen LogP contribution in [0.15, 0.2) is 61.1 Å². The third-order valence-electron chi connectivity index (χ3n) is 4.56. The molecule has 2 N–H and O–H groups in total. The van der Waals surface area contributed by atoms with E-state index in [9.17, 15) is 0 Å². The Morgan fingerprint density at radius 2 is 1.93 bits per heavy atom. The number of hydrogen-bond donors (Lipinski definition) is 2. The summed E-state index contributed by atoms with van der Waals surface area (Å²) in [6.07, 6.45) is 5.53. The van der Waals surface area contributed by atoms with Gasteiger partial charge in [-0.2, -0.15) is 5.10 Å². The van der Waals surface area contributed by atoms with Crippen molar-refractivity contribution in [2.24, 2.45) is 0 Å². The van der Waals surface area contributed by atoms with Crippen molar-refractivity contribution in [2.75, 3.05) is 11.9 Å². The Balaban J connectivity index is 1.61. The summed E-state index contributed by atoms with van der Waals surface area (Å²) in [7, 11) is 0. The molecule has 0 amide bonds. The predicted octanol–water partition coefficient (Wildman–Crippen LogP) is 3.80. The van der Waals surface area contributed by atoms with E-state index in [4.69, 9.17) is 12.2 Å². The lowest BCUT2D eigenvalue weighted by atomic mass is 10.1. The quantitative estimate of drug-likeness (QED) is 0.491. The van der Waals surface area contributed by atoms with E-state index in [-0.39, 0.29) is 6.04 Å². The van der Waals surface area contributed by atoms with Gasteiger partial charge in [-0.05, 0) is 43.8 Å². The summed E-state index contributed by atoms with van der Waals surface area (Å²) in [6, 6.07) is 14.1. The molecule has 4 aromatic rings. The molecule has 146 valence electrons. The second kappa shape index (κ2) is 8.32. The Bertz CT molecular complexity index is 1140. The Kier molecular flexibility index (Phi) is 5.44. The molecule has 0 aliphatic carbocycles. The summed E-state index contributed by atoms with van der Waals surface area (Å²) in [5.74, 6) is 0.628. The third kappa shape index (κ3) is 4.22. The van der Waals surface area contributed by atoms with Crippen LogP contribution in [0.5, 0.6) is 0 Å². The highest BCUT2D eigenvalue weighted by Gasteiger charge is 2.12. The second-order valence-electron chi connectivity index (χ2n) is 6.57. The van der Waals surface area contributed by atoms with Crippen molar-refractivity contribution in [2.45, 2.75) is 19.9 Å². The monoisotopic (exact) mass is 403 g/mol. The van der Waals surface area contributed by atoms with Gasteiger partial charge in [0, 0.05) is 18.3 Å². The fourth-order valence-corrected chi connectivity index (χ4v) is 3.24. The molecule has 29 heavy (non-hydrogen) atoms. The first-order valence-electron chi connectivity index (χ1n) is 9.42. The maximum absolute atomic E-state index is 5.22. The van der Waals surface area contributed by atoms with Gasteiger partial charge in [-0.15, -0.1) is 0 Å². The van der Waals surface area contributed by atoms with Gasteiger partial charge >= 0.3 is 0 Å². The normalized spacial score (nSPS) is 11.9. The van der Waals surface area contributed by atoms with Gasteiger partial charge in [0.05, 0.1) is 24.1 Å². The molecule has 0 saturated carbocycles. The molecule has 0 saturated heterocycles. The first kappa shape index (κ1) is 18.9. The van der Waals surface area contributed by atoms with Crippen LogP contribution in [0.3, 0.4) is 0 Å². The summed E-state index contributed by atoms with van der Waals surface area (Å²) in [5.41, 5.74) is 4.09. The van der Waals surface area contributed by atoms with E-state index < -0.39 is 0 Å². The van der Waals surface area contributed by atoms with Crippen LogP contribution in [0.2, 0.25) is 0 Å². The van der Waals surface area contributed by atoms with Gasteiger partial charge in [-0.1, -0.05) is 30.3 Å². The molecule has 3 aromatic heterocycles.